The van der Waals surface area contributed by atoms with Crippen LogP contribution in [-0.2, 0) is 11.3 Å². The lowest BCUT2D eigenvalue weighted by atomic mass is 10.2. The minimum atomic E-state index is 0.351. The van der Waals surface area contributed by atoms with E-state index in [1.807, 2.05) is 11.3 Å². The lowest BCUT2D eigenvalue weighted by Crippen LogP contribution is -2.46. The van der Waals surface area contributed by atoms with Gasteiger partial charge in [0.1, 0.15) is 0 Å². The lowest BCUT2D eigenvalue weighted by molar-refractivity contribution is -0.0253. The van der Waals surface area contributed by atoms with Crippen molar-refractivity contribution in [3.63, 3.8) is 0 Å². The number of nitrogens with zero attached hydrogens (tertiary/aromatic N) is 1. The molecule has 1 aliphatic heterocycles. The summed E-state index contributed by atoms with van der Waals surface area (Å²) in [4.78, 5) is 3.89. The predicted molar refractivity (Wildman–Crippen MR) is 72.6 cm³/mol. The molecule has 4 heteroatoms. The summed E-state index contributed by atoms with van der Waals surface area (Å²) in [5.41, 5.74) is 1.39. The number of ether oxygens (including phenoxy) is 1. The van der Waals surface area contributed by atoms with E-state index in [2.05, 4.69) is 35.5 Å². The van der Waals surface area contributed by atoms with Crippen LogP contribution in [0.1, 0.15) is 17.4 Å². The SMILES string of the molecule is CCN1CCO[C@@H](CNCc2sccc2C)C1. The summed E-state index contributed by atoms with van der Waals surface area (Å²) in [6.45, 7) is 10.4. The highest BCUT2D eigenvalue weighted by atomic mass is 32.1. The molecule has 96 valence electrons. The molecular formula is C13H22N2OS. The number of nitrogens with one attached hydrogen (secondary N) is 1. The first-order valence-electron chi connectivity index (χ1n) is 6.37. The van der Waals surface area contributed by atoms with E-state index in [4.69, 9.17) is 4.74 Å². The van der Waals surface area contributed by atoms with E-state index in [9.17, 15) is 0 Å². The Bertz CT molecular complexity index is 340. The number of morpholine rings is 1. The van der Waals surface area contributed by atoms with Crippen molar-refractivity contribution in [2.75, 3.05) is 32.8 Å². The van der Waals surface area contributed by atoms with Gasteiger partial charge in [-0.2, -0.15) is 0 Å². The molecule has 3 nitrogen and oxygen atoms in total. The second-order valence-corrected chi connectivity index (χ2v) is 5.54. The molecule has 1 saturated heterocycles. The molecule has 0 bridgehead atoms. The first-order chi connectivity index (χ1) is 8.29. The zero-order valence-electron chi connectivity index (χ0n) is 10.7. The van der Waals surface area contributed by atoms with Crippen molar-refractivity contribution in [2.24, 2.45) is 0 Å². The normalized spacial score (nSPS) is 21.9. The molecule has 0 spiro atoms. The standard InChI is InChI=1S/C13H22N2OS/c1-3-15-5-6-16-12(10-15)8-14-9-13-11(2)4-7-17-13/h4,7,12,14H,3,5-6,8-10H2,1-2H3/t12-/m0/s1. The van der Waals surface area contributed by atoms with Crippen molar-refractivity contribution < 1.29 is 4.74 Å². The highest BCUT2D eigenvalue weighted by Gasteiger charge is 2.18. The molecule has 1 fully saturated rings. The molecule has 2 heterocycles. The Balaban J connectivity index is 1.70. The van der Waals surface area contributed by atoms with Crippen LogP contribution in [0.25, 0.3) is 0 Å². The Morgan fingerprint density at radius 3 is 3.18 bits per heavy atom. The molecule has 2 rings (SSSR count). The highest BCUT2D eigenvalue weighted by Crippen LogP contribution is 2.14. The second kappa shape index (κ2) is 6.50. The monoisotopic (exact) mass is 254 g/mol. The third-order valence-electron chi connectivity index (χ3n) is 3.30. The summed E-state index contributed by atoms with van der Waals surface area (Å²) in [6.07, 6.45) is 0.351. The van der Waals surface area contributed by atoms with Gasteiger partial charge in [-0.1, -0.05) is 6.92 Å². The smallest absolute Gasteiger partial charge is 0.0826 e. The molecule has 0 amide bonds. The topological polar surface area (TPSA) is 24.5 Å². The van der Waals surface area contributed by atoms with Crippen molar-refractivity contribution in [3.8, 4) is 0 Å². The Labute approximate surface area is 108 Å². The van der Waals surface area contributed by atoms with Crippen molar-refractivity contribution in [1.29, 1.82) is 0 Å². The molecule has 17 heavy (non-hydrogen) atoms. The van der Waals surface area contributed by atoms with Gasteiger partial charge in [0.05, 0.1) is 12.7 Å². The number of hydrogen-bond donors (Lipinski definition) is 1. The number of hydrogen-bond acceptors (Lipinski definition) is 4. The zero-order valence-corrected chi connectivity index (χ0v) is 11.6. The van der Waals surface area contributed by atoms with Crippen LogP contribution < -0.4 is 5.32 Å². The van der Waals surface area contributed by atoms with Crippen LogP contribution in [0.2, 0.25) is 0 Å². The van der Waals surface area contributed by atoms with Gasteiger partial charge in [0, 0.05) is 31.1 Å². The fourth-order valence-electron chi connectivity index (χ4n) is 2.12. The maximum atomic E-state index is 5.76. The van der Waals surface area contributed by atoms with Gasteiger partial charge in [0.15, 0.2) is 0 Å². The van der Waals surface area contributed by atoms with Gasteiger partial charge < -0.3 is 10.1 Å². The molecule has 0 radical (unpaired) electrons. The summed E-state index contributed by atoms with van der Waals surface area (Å²) in [5, 5.41) is 5.66. The summed E-state index contributed by atoms with van der Waals surface area (Å²) < 4.78 is 5.76. The summed E-state index contributed by atoms with van der Waals surface area (Å²) in [5.74, 6) is 0. The maximum absolute atomic E-state index is 5.76. The molecule has 1 aliphatic rings. The fraction of sp³-hybridized carbons (Fsp3) is 0.692. The zero-order chi connectivity index (χ0) is 12.1. The first-order valence-corrected chi connectivity index (χ1v) is 7.25. The van der Waals surface area contributed by atoms with E-state index in [1.54, 1.807) is 0 Å². The molecule has 1 aromatic heterocycles. The van der Waals surface area contributed by atoms with Crippen molar-refractivity contribution in [3.05, 3.63) is 21.9 Å². The van der Waals surface area contributed by atoms with E-state index < -0.39 is 0 Å². The van der Waals surface area contributed by atoms with Gasteiger partial charge in [-0.05, 0) is 30.5 Å². The summed E-state index contributed by atoms with van der Waals surface area (Å²) in [7, 11) is 0. The predicted octanol–water partition coefficient (Wildman–Crippen LogP) is 1.87. The van der Waals surface area contributed by atoms with E-state index in [1.165, 1.54) is 10.4 Å². The van der Waals surface area contributed by atoms with Gasteiger partial charge in [0.2, 0.25) is 0 Å². The molecule has 0 aliphatic carbocycles. The fourth-order valence-corrected chi connectivity index (χ4v) is 3.00. The second-order valence-electron chi connectivity index (χ2n) is 4.54. The van der Waals surface area contributed by atoms with Crippen molar-refractivity contribution >= 4 is 11.3 Å². The quantitative estimate of drug-likeness (QED) is 0.868. The largest absolute Gasteiger partial charge is 0.374 e. The molecule has 1 aromatic rings. The third kappa shape index (κ3) is 3.78. The summed E-state index contributed by atoms with van der Waals surface area (Å²) in [6, 6.07) is 2.18. The third-order valence-corrected chi connectivity index (χ3v) is 4.32. The van der Waals surface area contributed by atoms with Crippen LogP contribution in [-0.4, -0.2) is 43.8 Å². The number of aryl methyl sites for hydroxylation is 1. The van der Waals surface area contributed by atoms with E-state index >= 15 is 0 Å². The van der Waals surface area contributed by atoms with E-state index in [0.717, 1.165) is 39.3 Å². The van der Waals surface area contributed by atoms with Crippen LogP contribution in [0.3, 0.4) is 0 Å². The van der Waals surface area contributed by atoms with Crippen LogP contribution in [0, 0.1) is 6.92 Å². The molecule has 0 unspecified atom stereocenters. The molecule has 1 atom stereocenters. The lowest BCUT2D eigenvalue weighted by Gasteiger charge is -2.32. The van der Waals surface area contributed by atoms with E-state index in [0.29, 0.717) is 6.10 Å². The Hall–Kier alpha value is -0.420. The first kappa shape index (κ1) is 13.0. The number of thiophene rings is 1. The highest BCUT2D eigenvalue weighted by molar-refractivity contribution is 7.10. The van der Waals surface area contributed by atoms with Gasteiger partial charge in [-0.3, -0.25) is 4.90 Å². The van der Waals surface area contributed by atoms with Crippen LogP contribution >= 0.6 is 11.3 Å². The summed E-state index contributed by atoms with van der Waals surface area (Å²) >= 11 is 1.83. The maximum Gasteiger partial charge on any atom is 0.0826 e. The average Bonchev–Trinajstić information content (AvgIpc) is 2.76. The van der Waals surface area contributed by atoms with E-state index in [-0.39, 0.29) is 0 Å². The minimum Gasteiger partial charge on any atom is -0.374 e. The molecular weight excluding hydrogens is 232 g/mol. The molecule has 0 saturated carbocycles. The van der Waals surface area contributed by atoms with Crippen LogP contribution in [0.5, 0.6) is 0 Å². The Kier molecular flexibility index (Phi) is 4.98. The van der Waals surface area contributed by atoms with Gasteiger partial charge in [0.25, 0.3) is 0 Å². The molecule has 1 N–H and O–H groups in total. The average molecular weight is 254 g/mol. The Morgan fingerprint density at radius 2 is 2.47 bits per heavy atom. The van der Waals surface area contributed by atoms with Gasteiger partial charge in [-0.25, -0.2) is 0 Å². The Morgan fingerprint density at radius 1 is 1.59 bits per heavy atom. The van der Waals surface area contributed by atoms with Crippen molar-refractivity contribution in [1.82, 2.24) is 10.2 Å². The van der Waals surface area contributed by atoms with Crippen LogP contribution in [0.15, 0.2) is 11.4 Å². The number of rotatable bonds is 5. The van der Waals surface area contributed by atoms with Crippen LogP contribution in [0.4, 0.5) is 0 Å². The van der Waals surface area contributed by atoms with Gasteiger partial charge in [-0.15, -0.1) is 11.3 Å². The molecule has 0 aromatic carbocycles. The van der Waals surface area contributed by atoms with Gasteiger partial charge >= 0.3 is 0 Å². The minimum absolute atomic E-state index is 0.351. The number of likely N-dealkylation sites (N-methyl/N-ethyl adjacent to an activating group) is 1. The van der Waals surface area contributed by atoms with Crippen molar-refractivity contribution in [2.45, 2.75) is 26.5 Å².